The van der Waals surface area contributed by atoms with Crippen LogP contribution in [0.5, 0.6) is 0 Å². The smallest absolute Gasteiger partial charge is 0.248 e. The van der Waals surface area contributed by atoms with Crippen LogP contribution in [-0.2, 0) is 13.1 Å². The number of hydrogen-bond donors (Lipinski definition) is 1. The van der Waals surface area contributed by atoms with Gasteiger partial charge in [-0.15, -0.1) is 10.2 Å². The van der Waals surface area contributed by atoms with Crippen molar-refractivity contribution in [2.45, 2.75) is 13.1 Å². The lowest BCUT2D eigenvalue weighted by molar-refractivity contribution is 0.476. The lowest BCUT2D eigenvalue weighted by atomic mass is 10.2. The van der Waals surface area contributed by atoms with Crippen LogP contribution in [0.1, 0.15) is 11.6 Å². The number of halogens is 1. The zero-order valence-electron chi connectivity index (χ0n) is 11.0. The van der Waals surface area contributed by atoms with Gasteiger partial charge in [-0.3, -0.25) is 0 Å². The van der Waals surface area contributed by atoms with Crippen molar-refractivity contribution in [3.8, 4) is 11.5 Å². The van der Waals surface area contributed by atoms with Crippen LogP contribution in [0.3, 0.4) is 0 Å². The average molecular weight is 346 g/mol. The maximum absolute atomic E-state index is 5.64. The van der Waals surface area contributed by atoms with Gasteiger partial charge in [0.25, 0.3) is 0 Å². The van der Waals surface area contributed by atoms with Gasteiger partial charge in [0.05, 0.1) is 17.8 Å². The number of nitrogens with zero attached hydrogens (tertiary/aromatic N) is 4. The summed E-state index contributed by atoms with van der Waals surface area (Å²) in [4.78, 5) is 8.00. The number of benzene rings is 1. The largest absolute Gasteiger partial charge is 0.419 e. The summed E-state index contributed by atoms with van der Waals surface area (Å²) in [6.07, 6.45) is 3.23. The summed E-state index contributed by atoms with van der Waals surface area (Å²) in [6, 6.07) is 9.58. The number of hydrogen-bond acceptors (Lipinski definition) is 6. The first-order valence-corrected chi connectivity index (χ1v) is 7.15. The Bertz CT molecular complexity index is 716. The summed E-state index contributed by atoms with van der Waals surface area (Å²) in [5.74, 6) is 1.04. The molecule has 0 spiro atoms. The Morgan fingerprint density at radius 2 is 2.00 bits per heavy atom. The van der Waals surface area contributed by atoms with Gasteiger partial charge in [0.2, 0.25) is 11.8 Å². The lowest BCUT2D eigenvalue weighted by Gasteiger charge is -2.00. The Kier molecular flexibility index (Phi) is 4.32. The molecule has 3 aromatic rings. The van der Waals surface area contributed by atoms with Crippen LogP contribution in [0.2, 0.25) is 0 Å². The van der Waals surface area contributed by atoms with Crippen molar-refractivity contribution in [3.63, 3.8) is 0 Å². The van der Waals surface area contributed by atoms with E-state index in [2.05, 4.69) is 41.4 Å². The molecule has 0 saturated heterocycles. The van der Waals surface area contributed by atoms with Gasteiger partial charge in [0, 0.05) is 17.2 Å². The molecule has 7 heteroatoms. The van der Waals surface area contributed by atoms with E-state index in [9.17, 15) is 0 Å². The molecule has 0 saturated carbocycles. The highest BCUT2D eigenvalue weighted by Crippen LogP contribution is 2.26. The minimum Gasteiger partial charge on any atom is -0.419 e. The molecule has 21 heavy (non-hydrogen) atoms. The van der Waals surface area contributed by atoms with Crippen LogP contribution in [0, 0.1) is 0 Å². The minimum absolute atomic E-state index is 0.488. The topological polar surface area (TPSA) is 76.7 Å². The Morgan fingerprint density at radius 1 is 1.10 bits per heavy atom. The molecular weight excluding hydrogens is 334 g/mol. The summed E-state index contributed by atoms with van der Waals surface area (Å²) in [5, 5.41) is 11.3. The van der Waals surface area contributed by atoms with E-state index in [1.165, 1.54) is 6.33 Å². The van der Waals surface area contributed by atoms with E-state index in [-0.39, 0.29) is 0 Å². The summed E-state index contributed by atoms with van der Waals surface area (Å²) in [7, 11) is 0. The molecule has 0 aliphatic heterocycles. The molecule has 0 bridgehead atoms. The van der Waals surface area contributed by atoms with E-state index in [1.54, 1.807) is 6.20 Å². The van der Waals surface area contributed by atoms with Crippen molar-refractivity contribution in [1.82, 2.24) is 25.5 Å². The molecule has 2 aromatic heterocycles. The van der Waals surface area contributed by atoms with Crippen molar-refractivity contribution in [2.24, 2.45) is 0 Å². The van der Waals surface area contributed by atoms with E-state index in [4.69, 9.17) is 4.42 Å². The van der Waals surface area contributed by atoms with E-state index < -0.39 is 0 Å². The van der Waals surface area contributed by atoms with E-state index in [0.29, 0.717) is 24.9 Å². The molecule has 0 aliphatic rings. The summed E-state index contributed by atoms with van der Waals surface area (Å²) in [6.45, 7) is 1.11. The average Bonchev–Trinajstić information content (AvgIpc) is 2.97. The van der Waals surface area contributed by atoms with Crippen molar-refractivity contribution >= 4 is 15.9 Å². The van der Waals surface area contributed by atoms with Gasteiger partial charge in [-0.1, -0.05) is 12.1 Å². The molecule has 0 radical (unpaired) electrons. The highest BCUT2D eigenvalue weighted by Gasteiger charge is 2.10. The molecule has 0 amide bonds. The minimum atomic E-state index is 0.488. The van der Waals surface area contributed by atoms with Gasteiger partial charge in [-0.05, 0) is 34.1 Å². The monoisotopic (exact) mass is 345 g/mol. The van der Waals surface area contributed by atoms with Crippen LogP contribution < -0.4 is 5.32 Å². The van der Waals surface area contributed by atoms with Crippen LogP contribution in [0.4, 0.5) is 0 Å². The van der Waals surface area contributed by atoms with Gasteiger partial charge in [0.1, 0.15) is 6.33 Å². The molecule has 2 heterocycles. The van der Waals surface area contributed by atoms with Gasteiger partial charge in [-0.2, -0.15) is 0 Å². The van der Waals surface area contributed by atoms with Crippen molar-refractivity contribution in [2.75, 3.05) is 0 Å². The normalized spacial score (nSPS) is 10.7. The third-order valence-electron chi connectivity index (χ3n) is 2.80. The predicted octanol–water partition coefficient (Wildman–Crippen LogP) is 2.58. The molecule has 0 unspecified atom stereocenters. The third kappa shape index (κ3) is 3.50. The molecule has 0 aliphatic carbocycles. The first-order valence-electron chi connectivity index (χ1n) is 6.36. The highest BCUT2D eigenvalue weighted by atomic mass is 79.9. The molecule has 106 valence electrons. The number of rotatable bonds is 5. The molecular formula is C14H12BrN5O. The Morgan fingerprint density at radius 3 is 2.81 bits per heavy atom. The quantitative estimate of drug-likeness (QED) is 0.765. The fourth-order valence-corrected chi connectivity index (χ4v) is 2.24. The van der Waals surface area contributed by atoms with Gasteiger partial charge in [0.15, 0.2) is 0 Å². The van der Waals surface area contributed by atoms with Crippen LogP contribution in [0.25, 0.3) is 11.5 Å². The fraction of sp³-hybridized carbons (Fsp3) is 0.143. The summed E-state index contributed by atoms with van der Waals surface area (Å²) < 4.78 is 6.57. The number of aromatic nitrogens is 4. The molecule has 1 N–H and O–H groups in total. The first kappa shape index (κ1) is 13.8. The van der Waals surface area contributed by atoms with Crippen LogP contribution in [0.15, 0.2) is 51.7 Å². The van der Waals surface area contributed by atoms with Crippen molar-refractivity contribution < 1.29 is 4.42 Å². The van der Waals surface area contributed by atoms with Crippen molar-refractivity contribution in [3.05, 3.63) is 58.9 Å². The molecule has 3 rings (SSSR count). The maximum atomic E-state index is 5.64. The standard InChI is InChI=1S/C14H12BrN5O/c15-12-4-2-1-3-11(12)14-20-19-13(21-14)8-17-7-10-5-6-16-9-18-10/h1-6,9,17H,7-8H2. The highest BCUT2D eigenvalue weighted by molar-refractivity contribution is 9.10. The Balaban J connectivity index is 1.62. The van der Waals surface area contributed by atoms with E-state index in [0.717, 1.165) is 15.7 Å². The molecule has 6 nitrogen and oxygen atoms in total. The third-order valence-corrected chi connectivity index (χ3v) is 3.49. The predicted molar refractivity (Wildman–Crippen MR) is 80.0 cm³/mol. The zero-order valence-corrected chi connectivity index (χ0v) is 12.6. The van der Waals surface area contributed by atoms with Crippen molar-refractivity contribution in [1.29, 1.82) is 0 Å². The van der Waals surface area contributed by atoms with E-state index >= 15 is 0 Å². The molecule has 0 atom stereocenters. The lowest BCUT2D eigenvalue weighted by Crippen LogP contribution is -2.13. The molecule has 0 fully saturated rings. The Hall–Kier alpha value is -2.12. The van der Waals surface area contributed by atoms with Gasteiger partial charge in [-0.25, -0.2) is 9.97 Å². The molecule has 1 aromatic carbocycles. The van der Waals surface area contributed by atoms with E-state index in [1.807, 2.05) is 30.3 Å². The summed E-state index contributed by atoms with van der Waals surface area (Å²) in [5.41, 5.74) is 1.79. The SMILES string of the molecule is Brc1ccccc1-c1nnc(CNCc2ccncn2)o1. The summed E-state index contributed by atoms with van der Waals surface area (Å²) >= 11 is 3.47. The first-order chi connectivity index (χ1) is 10.3. The van der Waals surface area contributed by atoms with Gasteiger partial charge < -0.3 is 9.73 Å². The fourth-order valence-electron chi connectivity index (χ4n) is 1.79. The zero-order chi connectivity index (χ0) is 14.5. The maximum Gasteiger partial charge on any atom is 0.248 e. The second-order valence-corrected chi connectivity index (χ2v) is 5.14. The van der Waals surface area contributed by atoms with Crippen LogP contribution in [-0.4, -0.2) is 20.2 Å². The second kappa shape index (κ2) is 6.55. The Labute approximate surface area is 129 Å². The number of nitrogens with one attached hydrogen (secondary N) is 1. The van der Waals surface area contributed by atoms with Gasteiger partial charge >= 0.3 is 0 Å². The van der Waals surface area contributed by atoms with Crippen LogP contribution >= 0.6 is 15.9 Å². The second-order valence-electron chi connectivity index (χ2n) is 4.29.